The van der Waals surface area contributed by atoms with Gasteiger partial charge in [-0.25, -0.2) is 0 Å². The zero-order valence-electron chi connectivity index (χ0n) is 11.4. The third kappa shape index (κ3) is 3.12. The van der Waals surface area contributed by atoms with E-state index in [0.717, 1.165) is 11.4 Å². The van der Waals surface area contributed by atoms with E-state index in [1.54, 1.807) is 16.6 Å². The summed E-state index contributed by atoms with van der Waals surface area (Å²) in [5, 5.41) is 16.0. The summed E-state index contributed by atoms with van der Waals surface area (Å²) in [4.78, 5) is 18.7. The first-order valence-electron chi connectivity index (χ1n) is 6.72. The Hall–Kier alpha value is -1.77. The third-order valence-corrected chi connectivity index (χ3v) is 4.12. The van der Waals surface area contributed by atoms with E-state index in [9.17, 15) is 4.79 Å². The number of nitrogens with zero attached hydrogens (tertiary/aromatic N) is 3. The van der Waals surface area contributed by atoms with Crippen LogP contribution in [0.3, 0.4) is 0 Å². The van der Waals surface area contributed by atoms with Crippen LogP contribution in [-0.2, 0) is 11.2 Å². The van der Waals surface area contributed by atoms with E-state index in [2.05, 4.69) is 15.2 Å². The van der Waals surface area contributed by atoms with E-state index >= 15 is 0 Å². The number of thiazole rings is 1. The number of hydrogen-bond donors (Lipinski definition) is 2. The van der Waals surface area contributed by atoms with Crippen LogP contribution in [0.4, 0.5) is 0 Å². The van der Waals surface area contributed by atoms with Crippen LogP contribution in [0.25, 0.3) is 0 Å². The molecule has 1 fully saturated rings. The van der Waals surface area contributed by atoms with E-state index < -0.39 is 0 Å². The van der Waals surface area contributed by atoms with E-state index in [0.29, 0.717) is 31.0 Å². The Labute approximate surface area is 125 Å². The average Bonchev–Trinajstić information content (AvgIpc) is 3.18. The van der Waals surface area contributed by atoms with Crippen molar-refractivity contribution in [2.24, 2.45) is 0 Å². The van der Waals surface area contributed by atoms with Gasteiger partial charge in [0, 0.05) is 25.3 Å². The van der Waals surface area contributed by atoms with E-state index in [1.165, 1.54) is 11.3 Å². The molecule has 0 aromatic carbocycles. The largest absolute Gasteiger partial charge is 0.396 e. The number of aliphatic hydroxyl groups excluding tert-OH is 1. The molecule has 112 valence electrons. The summed E-state index contributed by atoms with van der Waals surface area (Å²) in [6.45, 7) is 1.60. The van der Waals surface area contributed by atoms with Gasteiger partial charge in [-0.15, -0.1) is 11.3 Å². The van der Waals surface area contributed by atoms with Gasteiger partial charge in [0.1, 0.15) is 11.0 Å². The molecule has 1 amide bonds. The molecule has 3 rings (SSSR count). The molecule has 0 spiro atoms. The monoisotopic (exact) mass is 308 g/mol. The average molecular weight is 308 g/mol. The second-order valence-corrected chi connectivity index (χ2v) is 5.65. The predicted octanol–water partition coefficient (Wildman–Crippen LogP) is 0.615. The standard InChI is InChI=1S/C13H16N4O3S/c18-3-1-9-5-10(16-15-9)11-7-17(2-4-20-11)13(19)12-6-14-8-21-12/h5-6,8,11,18H,1-4,7H2,(H,15,16)/t11-/m0/s1. The number of morpholine rings is 1. The molecule has 0 bridgehead atoms. The van der Waals surface area contributed by atoms with Gasteiger partial charge in [-0.05, 0) is 6.07 Å². The Morgan fingerprint density at radius 1 is 1.62 bits per heavy atom. The first-order valence-corrected chi connectivity index (χ1v) is 7.60. The number of H-pyrrole nitrogens is 1. The molecule has 1 aliphatic heterocycles. The lowest BCUT2D eigenvalue weighted by molar-refractivity contribution is -0.0246. The van der Waals surface area contributed by atoms with Gasteiger partial charge in [0.15, 0.2) is 0 Å². The molecule has 7 nitrogen and oxygen atoms in total. The fourth-order valence-electron chi connectivity index (χ4n) is 2.28. The van der Waals surface area contributed by atoms with Crippen molar-refractivity contribution in [3.63, 3.8) is 0 Å². The van der Waals surface area contributed by atoms with Crippen molar-refractivity contribution in [3.8, 4) is 0 Å². The van der Waals surface area contributed by atoms with Gasteiger partial charge in [-0.2, -0.15) is 5.10 Å². The van der Waals surface area contributed by atoms with Crippen LogP contribution in [0.5, 0.6) is 0 Å². The van der Waals surface area contributed by atoms with Crippen LogP contribution >= 0.6 is 11.3 Å². The molecule has 0 saturated carbocycles. The summed E-state index contributed by atoms with van der Waals surface area (Å²) in [5.41, 5.74) is 3.28. The molecule has 3 heterocycles. The van der Waals surface area contributed by atoms with Gasteiger partial charge >= 0.3 is 0 Å². The highest BCUT2D eigenvalue weighted by atomic mass is 32.1. The molecule has 0 aliphatic carbocycles. The first-order chi connectivity index (χ1) is 10.3. The maximum Gasteiger partial charge on any atom is 0.265 e. The predicted molar refractivity (Wildman–Crippen MR) is 76.1 cm³/mol. The lowest BCUT2D eigenvalue weighted by Gasteiger charge is -2.31. The molecule has 1 atom stereocenters. The Kier molecular flexibility index (Phi) is 4.28. The lowest BCUT2D eigenvalue weighted by Crippen LogP contribution is -2.42. The molecule has 2 N–H and O–H groups in total. The van der Waals surface area contributed by atoms with Crippen molar-refractivity contribution >= 4 is 17.2 Å². The number of nitrogens with one attached hydrogen (secondary N) is 1. The normalized spacial score (nSPS) is 18.9. The number of aliphatic hydroxyl groups is 1. The fraction of sp³-hybridized carbons (Fsp3) is 0.462. The molecular weight excluding hydrogens is 292 g/mol. The molecule has 0 unspecified atom stereocenters. The smallest absolute Gasteiger partial charge is 0.265 e. The van der Waals surface area contributed by atoms with Crippen LogP contribution in [0.15, 0.2) is 17.8 Å². The summed E-state index contributed by atoms with van der Waals surface area (Å²) in [6, 6.07) is 1.88. The second kappa shape index (κ2) is 6.33. The van der Waals surface area contributed by atoms with Crippen LogP contribution in [0.1, 0.15) is 27.2 Å². The maximum atomic E-state index is 12.3. The Balaban J connectivity index is 1.69. The Morgan fingerprint density at radius 2 is 2.52 bits per heavy atom. The van der Waals surface area contributed by atoms with Crippen LogP contribution in [0.2, 0.25) is 0 Å². The minimum atomic E-state index is -0.237. The van der Waals surface area contributed by atoms with Crippen LogP contribution < -0.4 is 0 Å². The summed E-state index contributed by atoms with van der Waals surface area (Å²) in [5.74, 6) is -0.0167. The molecule has 2 aromatic heterocycles. The van der Waals surface area contributed by atoms with Crippen molar-refractivity contribution in [1.29, 1.82) is 0 Å². The highest BCUT2D eigenvalue weighted by molar-refractivity contribution is 7.11. The number of rotatable bonds is 4. The van der Waals surface area contributed by atoms with Crippen molar-refractivity contribution in [2.45, 2.75) is 12.5 Å². The summed E-state index contributed by atoms with van der Waals surface area (Å²) >= 11 is 1.34. The van der Waals surface area contributed by atoms with Crippen LogP contribution in [0, 0.1) is 0 Å². The second-order valence-electron chi connectivity index (χ2n) is 4.77. The van der Waals surface area contributed by atoms with Gasteiger partial charge in [0.2, 0.25) is 0 Å². The number of carbonyl (C=O) groups is 1. The van der Waals surface area contributed by atoms with Gasteiger partial charge in [0.05, 0.1) is 30.6 Å². The van der Waals surface area contributed by atoms with Crippen molar-refractivity contribution in [1.82, 2.24) is 20.1 Å². The van der Waals surface area contributed by atoms with Crippen molar-refractivity contribution in [2.75, 3.05) is 26.3 Å². The summed E-state index contributed by atoms with van der Waals surface area (Å²) < 4.78 is 5.70. The van der Waals surface area contributed by atoms with Crippen LogP contribution in [-0.4, -0.2) is 57.4 Å². The fourth-order valence-corrected chi connectivity index (χ4v) is 2.87. The summed E-state index contributed by atoms with van der Waals surface area (Å²) in [6.07, 6.45) is 1.88. The topological polar surface area (TPSA) is 91.3 Å². The third-order valence-electron chi connectivity index (χ3n) is 3.36. The first kappa shape index (κ1) is 14.2. The minimum Gasteiger partial charge on any atom is -0.396 e. The number of carbonyl (C=O) groups excluding carboxylic acids is 1. The van der Waals surface area contributed by atoms with E-state index in [1.807, 2.05) is 6.07 Å². The van der Waals surface area contributed by atoms with Gasteiger partial charge in [0.25, 0.3) is 5.91 Å². The Bertz CT molecular complexity index is 598. The minimum absolute atomic E-state index is 0.0167. The number of aromatic nitrogens is 3. The lowest BCUT2D eigenvalue weighted by atomic mass is 10.2. The summed E-state index contributed by atoms with van der Waals surface area (Å²) in [7, 11) is 0. The van der Waals surface area contributed by atoms with Gasteiger partial charge in [-0.3, -0.25) is 14.9 Å². The molecule has 1 saturated heterocycles. The van der Waals surface area contributed by atoms with Gasteiger partial charge in [-0.1, -0.05) is 0 Å². The maximum absolute atomic E-state index is 12.3. The highest BCUT2D eigenvalue weighted by Crippen LogP contribution is 2.23. The quantitative estimate of drug-likeness (QED) is 0.864. The number of ether oxygens (including phenoxy) is 1. The molecule has 2 aromatic rings. The molecule has 21 heavy (non-hydrogen) atoms. The molecule has 1 aliphatic rings. The Morgan fingerprint density at radius 3 is 3.29 bits per heavy atom. The zero-order chi connectivity index (χ0) is 14.7. The number of amides is 1. The SMILES string of the molecule is O=C(c1cncs1)N1CCO[C@H](c2cc(CCO)[nH]n2)C1. The van der Waals surface area contributed by atoms with E-state index in [4.69, 9.17) is 9.84 Å². The molecule has 0 radical (unpaired) electrons. The van der Waals surface area contributed by atoms with Gasteiger partial charge < -0.3 is 14.7 Å². The molecular formula is C13H16N4O3S. The van der Waals surface area contributed by atoms with Crippen molar-refractivity contribution in [3.05, 3.63) is 34.0 Å². The zero-order valence-corrected chi connectivity index (χ0v) is 12.2. The molecule has 8 heteroatoms. The van der Waals surface area contributed by atoms with E-state index in [-0.39, 0.29) is 18.6 Å². The number of hydrogen-bond acceptors (Lipinski definition) is 6. The highest BCUT2D eigenvalue weighted by Gasteiger charge is 2.28. The number of aromatic amines is 1. The van der Waals surface area contributed by atoms with Crippen molar-refractivity contribution < 1.29 is 14.6 Å².